The SMILES string of the molecule is CC1CC(NCC2CNc3ccccc3O2)C1. The highest BCUT2D eigenvalue weighted by atomic mass is 16.5. The van der Waals surface area contributed by atoms with Crippen LogP contribution in [0.3, 0.4) is 0 Å². The number of fused-ring (bicyclic) bond motifs is 1. The molecule has 0 aromatic heterocycles. The Morgan fingerprint density at radius 1 is 1.35 bits per heavy atom. The van der Waals surface area contributed by atoms with E-state index in [1.54, 1.807) is 0 Å². The molecule has 3 heteroatoms. The molecule has 1 aliphatic heterocycles. The summed E-state index contributed by atoms with van der Waals surface area (Å²) < 4.78 is 5.95. The Kier molecular flexibility index (Phi) is 2.93. The minimum atomic E-state index is 0.251. The van der Waals surface area contributed by atoms with E-state index in [2.05, 4.69) is 23.6 Å². The molecular weight excluding hydrogens is 212 g/mol. The largest absolute Gasteiger partial charge is 0.485 e. The molecular formula is C14H20N2O. The molecule has 3 nitrogen and oxygen atoms in total. The summed E-state index contributed by atoms with van der Waals surface area (Å²) in [7, 11) is 0. The van der Waals surface area contributed by atoms with Gasteiger partial charge in [0.05, 0.1) is 12.2 Å². The Labute approximate surface area is 103 Å². The molecule has 1 atom stereocenters. The van der Waals surface area contributed by atoms with Crippen molar-refractivity contribution in [2.24, 2.45) is 5.92 Å². The first-order chi connectivity index (χ1) is 8.31. The van der Waals surface area contributed by atoms with Crippen LogP contribution in [-0.2, 0) is 0 Å². The predicted molar refractivity (Wildman–Crippen MR) is 69.5 cm³/mol. The smallest absolute Gasteiger partial charge is 0.142 e. The van der Waals surface area contributed by atoms with Crippen LogP contribution in [0.25, 0.3) is 0 Å². The van der Waals surface area contributed by atoms with Gasteiger partial charge in [-0.05, 0) is 30.9 Å². The van der Waals surface area contributed by atoms with Gasteiger partial charge in [-0.2, -0.15) is 0 Å². The van der Waals surface area contributed by atoms with Crippen LogP contribution in [0.5, 0.6) is 5.75 Å². The van der Waals surface area contributed by atoms with E-state index < -0.39 is 0 Å². The third-order valence-corrected chi connectivity index (χ3v) is 3.71. The molecule has 0 bridgehead atoms. The normalized spacial score (nSPS) is 30.8. The highest BCUT2D eigenvalue weighted by Crippen LogP contribution is 2.29. The van der Waals surface area contributed by atoms with Gasteiger partial charge in [0.1, 0.15) is 11.9 Å². The van der Waals surface area contributed by atoms with Crippen molar-refractivity contribution in [3.63, 3.8) is 0 Å². The molecule has 0 radical (unpaired) electrons. The number of rotatable bonds is 3. The van der Waals surface area contributed by atoms with Gasteiger partial charge in [0.15, 0.2) is 0 Å². The van der Waals surface area contributed by atoms with Crippen molar-refractivity contribution in [2.75, 3.05) is 18.4 Å². The number of benzene rings is 1. The zero-order valence-corrected chi connectivity index (χ0v) is 10.3. The summed E-state index contributed by atoms with van der Waals surface area (Å²) in [6.07, 6.45) is 2.88. The fourth-order valence-electron chi connectivity index (χ4n) is 2.64. The van der Waals surface area contributed by atoms with Gasteiger partial charge in [-0.25, -0.2) is 0 Å². The topological polar surface area (TPSA) is 33.3 Å². The van der Waals surface area contributed by atoms with E-state index in [1.807, 2.05) is 18.2 Å². The van der Waals surface area contributed by atoms with Crippen LogP contribution in [0, 0.1) is 5.92 Å². The van der Waals surface area contributed by atoms with Crippen LogP contribution in [0.1, 0.15) is 19.8 Å². The molecule has 1 heterocycles. The highest BCUT2D eigenvalue weighted by molar-refractivity contribution is 5.57. The maximum Gasteiger partial charge on any atom is 0.142 e. The van der Waals surface area contributed by atoms with Crippen LogP contribution < -0.4 is 15.4 Å². The first kappa shape index (κ1) is 10.9. The molecule has 1 aromatic rings. The number of ether oxygens (including phenoxy) is 1. The Bertz CT molecular complexity index is 388. The summed E-state index contributed by atoms with van der Waals surface area (Å²) in [6, 6.07) is 8.85. The zero-order chi connectivity index (χ0) is 11.7. The molecule has 1 aromatic carbocycles. The second-order valence-corrected chi connectivity index (χ2v) is 5.30. The van der Waals surface area contributed by atoms with Crippen molar-refractivity contribution in [2.45, 2.75) is 31.9 Å². The van der Waals surface area contributed by atoms with Crippen molar-refractivity contribution >= 4 is 5.69 Å². The van der Waals surface area contributed by atoms with E-state index in [0.717, 1.165) is 30.4 Å². The molecule has 0 saturated heterocycles. The Morgan fingerprint density at radius 2 is 2.18 bits per heavy atom. The lowest BCUT2D eigenvalue weighted by Crippen LogP contribution is -2.47. The van der Waals surface area contributed by atoms with E-state index >= 15 is 0 Å². The van der Waals surface area contributed by atoms with Gasteiger partial charge in [-0.3, -0.25) is 0 Å². The lowest BCUT2D eigenvalue weighted by Gasteiger charge is -2.35. The standard InChI is InChI=1S/C14H20N2O/c1-10-6-11(7-10)15-8-12-9-16-13-4-2-3-5-14(13)17-12/h2-5,10-12,15-16H,6-9H2,1H3. The second-order valence-electron chi connectivity index (χ2n) is 5.30. The lowest BCUT2D eigenvalue weighted by molar-refractivity contribution is 0.171. The average Bonchev–Trinajstić information content (AvgIpc) is 2.33. The monoisotopic (exact) mass is 232 g/mol. The Hall–Kier alpha value is -1.22. The number of anilines is 1. The van der Waals surface area contributed by atoms with E-state index in [4.69, 9.17) is 4.74 Å². The Morgan fingerprint density at radius 3 is 3.00 bits per heavy atom. The third kappa shape index (κ3) is 2.39. The average molecular weight is 232 g/mol. The quantitative estimate of drug-likeness (QED) is 0.838. The maximum atomic E-state index is 5.95. The molecule has 92 valence electrons. The van der Waals surface area contributed by atoms with Crippen LogP contribution in [-0.4, -0.2) is 25.2 Å². The van der Waals surface area contributed by atoms with Crippen molar-refractivity contribution in [3.05, 3.63) is 24.3 Å². The van der Waals surface area contributed by atoms with Crippen LogP contribution in [0.4, 0.5) is 5.69 Å². The maximum absolute atomic E-state index is 5.95. The summed E-state index contributed by atoms with van der Waals surface area (Å²) >= 11 is 0. The van der Waals surface area contributed by atoms with E-state index in [1.165, 1.54) is 12.8 Å². The molecule has 17 heavy (non-hydrogen) atoms. The number of para-hydroxylation sites is 2. The zero-order valence-electron chi connectivity index (χ0n) is 10.3. The third-order valence-electron chi connectivity index (χ3n) is 3.71. The number of hydrogen-bond donors (Lipinski definition) is 2. The molecule has 3 rings (SSSR count). The van der Waals surface area contributed by atoms with Crippen molar-refractivity contribution in [3.8, 4) is 5.75 Å². The minimum Gasteiger partial charge on any atom is -0.485 e. The van der Waals surface area contributed by atoms with Crippen molar-refractivity contribution in [1.29, 1.82) is 0 Å². The summed E-state index contributed by atoms with van der Waals surface area (Å²) in [4.78, 5) is 0. The molecule has 2 aliphatic rings. The van der Waals surface area contributed by atoms with Crippen LogP contribution in [0.2, 0.25) is 0 Å². The first-order valence-electron chi connectivity index (χ1n) is 6.54. The van der Waals surface area contributed by atoms with Gasteiger partial charge in [0, 0.05) is 12.6 Å². The second kappa shape index (κ2) is 4.57. The Balaban J connectivity index is 1.50. The van der Waals surface area contributed by atoms with Gasteiger partial charge in [0.2, 0.25) is 0 Å². The van der Waals surface area contributed by atoms with E-state index in [9.17, 15) is 0 Å². The molecule has 1 unspecified atom stereocenters. The summed E-state index contributed by atoms with van der Waals surface area (Å²) in [5.41, 5.74) is 1.11. The molecule has 0 spiro atoms. The molecule has 2 N–H and O–H groups in total. The lowest BCUT2D eigenvalue weighted by atomic mass is 9.82. The fourth-order valence-corrected chi connectivity index (χ4v) is 2.64. The van der Waals surface area contributed by atoms with Crippen molar-refractivity contribution < 1.29 is 4.74 Å². The first-order valence-corrected chi connectivity index (χ1v) is 6.54. The number of nitrogens with one attached hydrogen (secondary N) is 2. The van der Waals surface area contributed by atoms with Gasteiger partial charge >= 0.3 is 0 Å². The van der Waals surface area contributed by atoms with Gasteiger partial charge in [0.25, 0.3) is 0 Å². The highest BCUT2D eigenvalue weighted by Gasteiger charge is 2.26. The fraction of sp³-hybridized carbons (Fsp3) is 0.571. The van der Waals surface area contributed by atoms with E-state index in [-0.39, 0.29) is 6.10 Å². The number of hydrogen-bond acceptors (Lipinski definition) is 3. The van der Waals surface area contributed by atoms with Crippen LogP contribution in [0.15, 0.2) is 24.3 Å². The summed E-state index contributed by atoms with van der Waals surface area (Å²) in [6.45, 7) is 4.15. The molecule has 0 amide bonds. The molecule has 1 fully saturated rings. The molecule has 1 aliphatic carbocycles. The summed E-state index contributed by atoms with van der Waals surface area (Å²) in [5.74, 6) is 1.88. The van der Waals surface area contributed by atoms with E-state index in [0.29, 0.717) is 6.04 Å². The van der Waals surface area contributed by atoms with Gasteiger partial charge < -0.3 is 15.4 Å². The summed E-state index contributed by atoms with van der Waals surface area (Å²) in [5, 5.41) is 7.00. The van der Waals surface area contributed by atoms with Crippen LogP contribution >= 0.6 is 0 Å². The van der Waals surface area contributed by atoms with Crippen molar-refractivity contribution in [1.82, 2.24) is 5.32 Å². The molecule has 1 saturated carbocycles. The minimum absolute atomic E-state index is 0.251. The van der Waals surface area contributed by atoms with Gasteiger partial charge in [-0.1, -0.05) is 19.1 Å². The van der Waals surface area contributed by atoms with Gasteiger partial charge in [-0.15, -0.1) is 0 Å². The predicted octanol–water partition coefficient (Wildman–Crippen LogP) is 2.25.